The average molecular weight is 289 g/mol. The van der Waals surface area contributed by atoms with Crippen LogP contribution in [0.3, 0.4) is 0 Å². The SMILES string of the molecule is CC1(C)CCC(=O)N(Cc2cccc(C(=O)NN)c2)CC1. The van der Waals surface area contributed by atoms with Crippen LogP contribution in [-0.4, -0.2) is 23.3 Å². The zero-order valence-corrected chi connectivity index (χ0v) is 12.7. The van der Waals surface area contributed by atoms with Crippen LogP contribution in [0.4, 0.5) is 0 Å². The fourth-order valence-corrected chi connectivity index (χ4v) is 2.57. The smallest absolute Gasteiger partial charge is 0.265 e. The van der Waals surface area contributed by atoms with Crippen molar-refractivity contribution in [3.8, 4) is 0 Å². The molecule has 114 valence electrons. The summed E-state index contributed by atoms with van der Waals surface area (Å²) in [4.78, 5) is 25.6. The molecule has 0 aromatic heterocycles. The van der Waals surface area contributed by atoms with E-state index < -0.39 is 0 Å². The third-order valence-electron chi connectivity index (χ3n) is 4.12. The van der Waals surface area contributed by atoms with E-state index in [9.17, 15) is 9.59 Å². The lowest BCUT2D eigenvalue weighted by atomic mass is 9.85. The number of nitrogens with one attached hydrogen (secondary N) is 1. The zero-order valence-electron chi connectivity index (χ0n) is 12.7. The predicted octanol–water partition coefficient (Wildman–Crippen LogP) is 1.83. The highest BCUT2D eigenvalue weighted by Gasteiger charge is 2.27. The van der Waals surface area contributed by atoms with E-state index >= 15 is 0 Å². The first kappa shape index (κ1) is 15.5. The van der Waals surface area contributed by atoms with Crippen molar-refractivity contribution in [3.63, 3.8) is 0 Å². The van der Waals surface area contributed by atoms with Crippen molar-refractivity contribution in [3.05, 3.63) is 35.4 Å². The molecule has 1 fully saturated rings. The van der Waals surface area contributed by atoms with E-state index in [4.69, 9.17) is 5.84 Å². The Morgan fingerprint density at radius 1 is 1.38 bits per heavy atom. The first-order valence-corrected chi connectivity index (χ1v) is 7.29. The molecule has 21 heavy (non-hydrogen) atoms. The molecule has 1 heterocycles. The second-order valence-corrected chi connectivity index (χ2v) is 6.40. The maximum absolute atomic E-state index is 12.2. The number of rotatable bonds is 3. The molecule has 1 aliphatic heterocycles. The lowest BCUT2D eigenvalue weighted by molar-refractivity contribution is -0.131. The largest absolute Gasteiger partial charge is 0.338 e. The van der Waals surface area contributed by atoms with Gasteiger partial charge in [-0.3, -0.25) is 15.0 Å². The summed E-state index contributed by atoms with van der Waals surface area (Å²) in [5.41, 5.74) is 3.80. The first-order chi connectivity index (χ1) is 9.91. The van der Waals surface area contributed by atoms with Crippen molar-refractivity contribution in [1.82, 2.24) is 10.3 Å². The molecule has 0 bridgehead atoms. The summed E-state index contributed by atoms with van der Waals surface area (Å²) in [6.45, 7) is 5.71. The Labute approximate surface area is 125 Å². The van der Waals surface area contributed by atoms with Crippen LogP contribution in [0.25, 0.3) is 0 Å². The van der Waals surface area contributed by atoms with Crippen LogP contribution in [-0.2, 0) is 11.3 Å². The van der Waals surface area contributed by atoms with Crippen molar-refractivity contribution in [1.29, 1.82) is 0 Å². The second-order valence-electron chi connectivity index (χ2n) is 6.40. The first-order valence-electron chi connectivity index (χ1n) is 7.29. The van der Waals surface area contributed by atoms with E-state index in [0.29, 0.717) is 18.5 Å². The minimum absolute atomic E-state index is 0.189. The third kappa shape index (κ3) is 4.04. The number of amides is 2. The molecule has 2 rings (SSSR count). The third-order valence-corrected chi connectivity index (χ3v) is 4.12. The molecule has 1 aliphatic rings. The van der Waals surface area contributed by atoms with Gasteiger partial charge in [0.2, 0.25) is 5.91 Å². The highest BCUT2D eigenvalue weighted by Crippen LogP contribution is 2.30. The van der Waals surface area contributed by atoms with Crippen molar-refractivity contribution >= 4 is 11.8 Å². The van der Waals surface area contributed by atoms with Crippen molar-refractivity contribution in [2.45, 2.75) is 39.7 Å². The van der Waals surface area contributed by atoms with Gasteiger partial charge in [0.15, 0.2) is 0 Å². The summed E-state index contributed by atoms with van der Waals surface area (Å²) in [5.74, 6) is 5.02. The Bertz CT molecular complexity index is 540. The molecule has 1 aromatic carbocycles. The standard InChI is InChI=1S/C16H23N3O2/c1-16(2)7-6-14(20)19(9-8-16)11-12-4-3-5-13(10-12)15(21)18-17/h3-5,10H,6-9,11,17H2,1-2H3,(H,18,21). The quantitative estimate of drug-likeness (QED) is 0.506. The van der Waals surface area contributed by atoms with Crippen LogP contribution in [0.15, 0.2) is 24.3 Å². The van der Waals surface area contributed by atoms with Gasteiger partial charge in [0.25, 0.3) is 5.91 Å². The summed E-state index contributed by atoms with van der Waals surface area (Å²) in [7, 11) is 0. The summed E-state index contributed by atoms with van der Waals surface area (Å²) in [6, 6.07) is 7.23. The molecule has 0 unspecified atom stereocenters. The zero-order chi connectivity index (χ0) is 15.5. The Hall–Kier alpha value is -1.88. The molecular formula is C16H23N3O2. The van der Waals surface area contributed by atoms with Gasteiger partial charge in [0.05, 0.1) is 0 Å². The number of carbonyl (C=O) groups excluding carboxylic acids is 2. The second kappa shape index (κ2) is 6.26. The molecule has 0 aliphatic carbocycles. The highest BCUT2D eigenvalue weighted by molar-refractivity contribution is 5.93. The topological polar surface area (TPSA) is 75.4 Å². The van der Waals surface area contributed by atoms with Crippen LogP contribution in [0.1, 0.15) is 49.0 Å². The van der Waals surface area contributed by atoms with Gasteiger partial charge in [0, 0.05) is 25.1 Å². The fraction of sp³-hybridized carbons (Fsp3) is 0.500. The van der Waals surface area contributed by atoms with Gasteiger partial charge < -0.3 is 4.90 Å². The monoisotopic (exact) mass is 289 g/mol. The van der Waals surface area contributed by atoms with Crippen LogP contribution in [0, 0.1) is 5.41 Å². The van der Waals surface area contributed by atoms with Gasteiger partial charge >= 0.3 is 0 Å². The number of likely N-dealkylation sites (tertiary alicyclic amines) is 1. The molecule has 3 N–H and O–H groups in total. The lowest BCUT2D eigenvalue weighted by Gasteiger charge is -2.23. The minimum Gasteiger partial charge on any atom is -0.338 e. The number of carbonyl (C=O) groups is 2. The van der Waals surface area contributed by atoms with E-state index in [1.54, 1.807) is 12.1 Å². The number of benzene rings is 1. The summed E-state index contributed by atoms with van der Waals surface area (Å²) >= 11 is 0. The molecule has 5 heteroatoms. The summed E-state index contributed by atoms with van der Waals surface area (Å²) in [6.07, 6.45) is 2.52. The van der Waals surface area contributed by atoms with Crippen molar-refractivity contribution in [2.75, 3.05) is 6.54 Å². The van der Waals surface area contributed by atoms with Crippen LogP contribution in [0.5, 0.6) is 0 Å². The van der Waals surface area contributed by atoms with E-state index in [-0.39, 0.29) is 17.2 Å². The van der Waals surface area contributed by atoms with Crippen LogP contribution >= 0.6 is 0 Å². The number of nitrogens with zero attached hydrogens (tertiary/aromatic N) is 1. The lowest BCUT2D eigenvalue weighted by Crippen LogP contribution is -2.31. The predicted molar refractivity (Wildman–Crippen MR) is 81.1 cm³/mol. The summed E-state index contributed by atoms with van der Waals surface area (Å²) in [5, 5.41) is 0. The highest BCUT2D eigenvalue weighted by atomic mass is 16.2. The fourth-order valence-electron chi connectivity index (χ4n) is 2.57. The maximum atomic E-state index is 12.2. The number of nitrogens with two attached hydrogens (primary N) is 1. The normalized spacial score (nSPS) is 18.2. The Morgan fingerprint density at radius 3 is 2.86 bits per heavy atom. The Balaban J connectivity index is 2.10. The average Bonchev–Trinajstić information content (AvgIpc) is 2.60. The van der Waals surface area contributed by atoms with Crippen LogP contribution in [0.2, 0.25) is 0 Å². The number of hydrazine groups is 1. The molecule has 5 nitrogen and oxygen atoms in total. The molecule has 0 radical (unpaired) electrons. The Kier molecular flexibility index (Phi) is 4.63. The number of hydrogen-bond acceptors (Lipinski definition) is 3. The van der Waals surface area contributed by atoms with Crippen LogP contribution < -0.4 is 11.3 Å². The van der Waals surface area contributed by atoms with Gasteiger partial charge in [0.1, 0.15) is 0 Å². The van der Waals surface area contributed by atoms with E-state index in [1.165, 1.54) is 0 Å². The molecule has 2 amide bonds. The molecule has 1 aromatic rings. The maximum Gasteiger partial charge on any atom is 0.265 e. The molecule has 0 atom stereocenters. The van der Waals surface area contributed by atoms with Crippen molar-refractivity contribution in [2.24, 2.45) is 11.3 Å². The van der Waals surface area contributed by atoms with E-state index in [0.717, 1.165) is 24.9 Å². The van der Waals surface area contributed by atoms with E-state index in [2.05, 4.69) is 19.3 Å². The molecule has 0 spiro atoms. The van der Waals surface area contributed by atoms with Gasteiger partial charge in [-0.1, -0.05) is 26.0 Å². The van der Waals surface area contributed by atoms with Gasteiger partial charge in [-0.25, -0.2) is 5.84 Å². The molecule has 1 saturated heterocycles. The molecule has 0 saturated carbocycles. The summed E-state index contributed by atoms with van der Waals surface area (Å²) < 4.78 is 0. The number of nitrogen functional groups attached to an aromatic ring is 1. The van der Waals surface area contributed by atoms with Crippen molar-refractivity contribution < 1.29 is 9.59 Å². The van der Waals surface area contributed by atoms with Gasteiger partial charge in [-0.2, -0.15) is 0 Å². The van der Waals surface area contributed by atoms with Gasteiger partial charge in [-0.05, 0) is 36.0 Å². The number of hydrogen-bond donors (Lipinski definition) is 2. The van der Waals surface area contributed by atoms with Gasteiger partial charge in [-0.15, -0.1) is 0 Å². The minimum atomic E-state index is -0.319. The molecular weight excluding hydrogens is 266 g/mol. The Morgan fingerprint density at radius 2 is 2.14 bits per heavy atom. The van der Waals surface area contributed by atoms with E-state index in [1.807, 2.05) is 17.0 Å².